The van der Waals surface area contributed by atoms with Gasteiger partial charge >= 0.3 is 0 Å². The Balaban J connectivity index is 2.76. The van der Waals surface area contributed by atoms with Gasteiger partial charge in [0.15, 0.2) is 6.29 Å². The minimum absolute atomic E-state index is 0.0380. The molecule has 0 aromatic heterocycles. The maximum absolute atomic E-state index is 13.5. The molecule has 3 nitrogen and oxygen atoms in total. The molecule has 0 bridgehead atoms. The van der Waals surface area contributed by atoms with Crippen LogP contribution in [0.4, 0.5) is 4.39 Å². The smallest absolute Gasteiger partial charge is 0.183 e. The summed E-state index contributed by atoms with van der Waals surface area (Å²) in [4.78, 5) is 0. The van der Waals surface area contributed by atoms with Crippen LogP contribution in [0.3, 0.4) is 0 Å². The van der Waals surface area contributed by atoms with Crippen molar-refractivity contribution in [1.29, 1.82) is 0 Å². The Morgan fingerprint density at radius 3 is 2.56 bits per heavy atom. The van der Waals surface area contributed by atoms with E-state index < -0.39 is 18.2 Å². The van der Waals surface area contributed by atoms with Gasteiger partial charge in [0, 0.05) is 20.6 Å². The fraction of sp³-hybridized carbons (Fsp3) is 0.455. The maximum Gasteiger partial charge on any atom is 0.183 e. The predicted molar refractivity (Wildman–Crippen MR) is 58.9 cm³/mol. The molecule has 5 heteroatoms. The third-order valence-electron chi connectivity index (χ3n) is 2.24. The van der Waals surface area contributed by atoms with E-state index >= 15 is 0 Å². The number of hydrogen-bond acceptors (Lipinski definition) is 3. The van der Waals surface area contributed by atoms with Crippen molar-refractivity contribution in [2.75, 3.05) is 14.2 Å². The number of halogens is 2. The van der Waals surface area contributed by atoms with Crippen LogP contribution >= 0.6 is 11.6 Å². The molecule has 0 amide bonds. The number of aliphatic hydroxyl groups is 1. The zero-order valence-corrected chi connectivity index (χ0v) is 9.87. The van der Waals surface area contributed by atoms with Crippen molar-refractivity contribution in [2.45, 2.75) is 18.8 Å². The summed E-state index contributed by atoms with van der Waals surface area (Å²) in [6.45, 7) is 0. The van der Waals surface area contributed by atoms with Gasteiger partial charge in [-0.05, 0) is 11.6 Å². The first-order valence-corrected chi connectivity index (χ1v) is 5.14. The van der Waals surface area contributed by atoms with Crippen molar-refractivity contribution < 1.29 is 19.0 Å². The summed E-state index contributed by atoms with van der Waals surface area (Å²) in [6, 6.07) is 4.64. The summed E-state index contributed by atoms with van der Waals surface area (Å²) in [7, 11) is 2.82. The molecule has 1 N–H and O–H groups in total. The Bertz CT molecular complexity index is 342. The fourth-order valence-corrected chi connectivity index (χ4v) is 1.63. The molecule has 0 radical (unpaired) electrons. The third kappa shape index (κ3) is 3.15. The van der Waals surface area contributed by atoms with Crippen molar-refractivity contribution in [3.05, 3.63) is 34.6 Å². The highest BCUT2D eigenvalue weighted by molar-refractivity contribution is 6.30. The lowest BCUT2D eigenvalue weighted by Crippen LogP contribution is -2.31. The van der Waals surface area contributed by atoms with Gasteiger partial charge in [-0.2, -0.15) is 0 Å². The quantitative estimate of drug-likeness (QED) is 0.810. The molecule has 1 unspecified atom stereocenters. The largest absolute Gasteiger partial charge is 0.387 e. The van der Waals surface area contributed by atoms with Gasteiger partial charge in [-0.3, -0.25) is 0 Å². The van der Waals surface area contributed by atoms with Crippen molar-refractivity contribution in [3.63, 3.8) is 0 Å². The van der Waals surface area contributed by atoms with Crippen LogP contribution in [0.5, 0.6) is 0 Å². The first kappa shape index (κ1) is 13.4. The van der Waals surface area contributed by atoms with E-state index in [9.17, 15) is 9.50 Å². The molecule has 1 aromatic carbocycles. The van der Waals surface area contributed by atoms with Gasteiger partial charge in [0.25, 0.3) is 0 Å². The molecule has 16 heavy (non-hydrogen) atoms. The van der Waals surface area contributed by atoms with Crippen LogP contribution in [-0.4, -0.2) is 31.7 Å². The van der Waals surface area contributed by atoms with Crippen LogP contribution < -0.4 is 0 Å². The van der Waals surface area contributed by atoms with Gasteiger partial charge < -0.3 is 14.6 Å². The second-order valence-corrected chi connectivity index (χ2v) is 3.73. The molecule has 0 aliphatic rings. The minimum Gasteiger partial charge on any atom is -0.387 e. The average molecular weight is 249 g/mol. The summed E-state index contributed by atoms with van der Waals surface area (Å²) < 4.78 is 23.3. The summed E-state index contributed by atoms with van der Waals surface area (Å²) in [5, 5.41) is 9.76. The molecule has 0 spiro atoms. The lowest BCUT2D eigenvalue weighted by molar-refractivity contribution is -0.163. The topological polar surface area (TPSA) is 38.7 Å². The Kier molecular flexibility index (Phi) is 5.15. The Morgan fingerprint density at radius 2 is 2.00 bits per heavy atom. The maximum atomic E-state index is 13.5. The predicted octanol–water partition coefficient (Wildman–Crippen LogP) is 2.00. The van der Waals surface area contributed by atoms with Crippen molar-refractivity contribution in [1.82, 2.24) is 0 Å². The van der Waals surface area contributed by atoms with Gasteiger partial charge in [0.2, 0.25) is 0 Å². The number of methoxy groups -OCH3 is 2. The molecule has 0 aliphatic carbocycles. The van der Waals surface area contributed by atoms with Crippen LogP contribution in [0.2, 0.25) is 5.02 Å². The van der Waals surface area contributed by atoms with Crippen molar-refractivity contribution in [2.24, 2.45) is 0 Å². The number of aliphatic hydroxyl groups excluding tert-OH is 1. The highest BCUT2D eigenvalue weighted by atomic mass is 35.5. The average Bonchev–Trinajstić information content (AvgIpc) is 2.26. The summed E-state index contributed by atoms with van der Waals surface area (Å²) in [5.41, 5.74) is 0.333. The normalized spacial score (nSPS) is 13.1. The summed E-state index contributed by atoms with van der Waals surface area (Å²) in [5.74, 6) is -0.519. The third-order valence-corrected chi connectivity index (χ3v) is 2.53. The van der Waals surface area contributed by atoms with Gasteiger partial charge in [-0.25, -0.2) is 4.39 Å². The van der Waals surface area contributed by atoms with E-state index in [0.29, 0.717) is 5.56 Å². The van der Waals surface area contributed by atoms with E-state index in [2.05, 4.69) is 0 Å². The Labute approximate surface area is 98.7 Å². The number of hydrogen-bond donors (Lipinski definition) is 1. The SMILES string of the molecule is COC(OC)C(O)Cc1cccc(Cl)c1F. The van der Waals surface area contributed by atoms with Gasteiger partial charge in [-0.1, -0.05) is 23.7 Å². The second kappa shape index (κ2) is 6.15. The van der Waals surface area contributed by atoms with E-state index in [0.717, 1.165) is 0 Å². The zero-order valence-electron chi connectivity index (χ0n) is 9.11. The van der Waals surface area contributed by atoms with Gasteiger partial charge in [0.1, 0.15) is 11.9 Å². The minimum atomic E-state index is -0.942. The number of ether oxygens (including phenoxy) is 2. The van der Waals surface area contributed by atoms with E-state index in [1.807, 2.05) is 0 Å². The van der Waals surface area contributed by atoms with Crippen LogP contribution in [0.25, 0.3) is 0 Å². The molecule has 0 heterocycles. The van der Waals surface area contributed by atoms with E-state index in [4.69, 9.17) is 21.1 Å². The first-order valence-electron chi connectivity index (χ1n) is 4.76. The van der Waals surface area contributed by atoms with Crippen LogP contribution in [-0.2, 0) is 15.9 Å². The molecule has 0 aliphatic heterocycles. The molecule has 0 saturated heterocycles. The lowest BCUT2D eigenvalue weighted by Gasteiger charge is -2.20. The Hall–Kier alpha value is -0.680. The Morgan fingerprint density at radius 1 is 1.38 bits per heavy atom. The molecule has 0 saturated carbocycles. The number of rotatable bonds is 5. The monoisotopic (exact) mass is 248 g/mol. The molecule has 1 rings (SSSR count). The van der Waals surface area contributed by atoms with Crippen molar-refractivity contribution >= 4 is 11.6 Å². The molecule has 0 fully saturated rings. The number of benzene rings is 1. The fourth-order valence-electron chi connectivity index (χ4n) is 1.44. The molecule has 1 aromatic rings. The van der Waals surface area contributed by atoms with E-state index in [1.165, 1.54) is 20.3 Å². The van der Waals surface area contributed by atoms with Crippen LogP contribution in [0.15, 0.2) is 18.2 Å². The highest BCUT2D eigenvalue weighted by Crippen LogP contribution is 2.20. The zero-order chi connectivity index (χ0) is 12.1. The summed E-state index contributed by atoms with van der Waals surface area (Å²) in [6.07, 6.45) is -1.64. The lowest BCUT2D eigenvalue weighted by atomic mass is 10.1. The van der Waals surface area contributed by atoms with Gasteiger partial charge in [0.05, 0.1) is 5.02 Å². The first-order chi connectivity index (χ1) is 7.60. The second-order valence-electron chi connectivity index (χ2n) is 3.32. The standard InChI is InChI=1S/C11H14ClFO3/c1-15-11(16-2)9(14)6-7-4-3-5-8(12)10(7)13/h3-5,9,11,14H,6H2,1-2H3. The summed E-state index contributed by atoms with van der Waals surface area (Å²) >= 11 is 5.63. The van der Waals surface area contributed by atoms with E-state index in [1.54, 1.807) is 12.1 Å². The molecular formula is C11H14ClFO3. The van der Waals surface area contributed by atoms with Crippen LogP contribution in [0.1, 0.15) is 5.56 Å². The van der Waals surface area contributed by atoms with Crippen LogP contribution in [0, 0.1) is 5.82 Å². The highest BCUT2D eigenvalue weighted by Gasteiger charge is 2.20. The molecular weight excluding hydrogens is 235 g/mol. The van der Waals surface area contributed by atoms with Crippen molar-refractivity contribution in [3.8, 4) is 0 Å². The molecule has 1 atom stereocenters. The van der Waals surface area contributed by atoms with E-state index in [-0.39, 0.29) is 11.4 Å². The molecule has 90 valence electrons. The van der Waals surface area contributed by atoms with Gasteiger partial charge in [-0.15, -0.1) is 0 Å².